The lowest BCUT2D eigenvalue weighted by molar-refractivity contribution is 0.595. The second-order valence-electron chi connectivity index (χ2n) is 4.00. The molecule has 15 heavy (non-hydrogen) atoms. The van der Waals surface area contributed by atoms with E-state index in [1.54, 1.807) is 6.92 Å². The number of nitrogens with two attached hydrogens (primary N) is 1. The number of hydrogen-bond donors (Lipinski definition) is 1. The van der Waals surface area contributed by atoms with Gasteiger partial charge in [-0.05, 0) is 24.1 Å². The molecule has 0 aliphatic heterocycles. The Hall–Kier alpha value is -1.03. The van der Waals surface area contributed by atoms with E-state index >= 15 is 0 Å². The Morgan fingerprint density at radius 2 is 2.20 bits per heavy atom. The van der Waals surface area contributed by atoms with Gasteiger partial charge in [0.05, 0.1) is 5.25 Å². The van der Waals surface area contributed by atoms with Crippen LogP contribution in [0.15, 0.2) is 24.3 Å². The number of nitrogen functional groups attached to an aromatic ring is 1. The Labute approximate surface area is 90.2 Å². The summed E-state index contributed by atoms with van der Waals surface area (Å²) in [5, 5.41) is -0.177. The van der Waals surface area contributed by atoms with Crippen LogP contribution in [-0.4, -0.2) is 19.4 Å². The first kappa shape index (κ1) is 10.5. The SMILES string of the molecule is CCS(=O)(=O)[C@H]1C[C@@H]1c1cccc(N)c1. The van der Waals surface area contributed by atoms with Crippen LogP contribution in [0.3, 0.4) is 0 Å². The average molecular weight is 225 g/mol. The minimum Gasteiger partial charge on any atom is -0.399 e. The van der Waals surface area contributed by atoms with Crippen LogP contribution in [-0.2, 0) is 9.84 Å². The van der Waals surface area contributed by atoms with Crippen LogP contribution in [0.2, 0.25) is 0 Å². The van der Waals surface area contributed by atoms with Crippen LogP contribution < -0.4 is 5.73 Å². The van der Waals surface area contributed by atoms with E-state index in [1.165, 1.54) is 0 Å². The molecule has 1 saturated carbocycles. The predicted octanol–water partition coefficient (Wildman–Crippen LogP) is 1.56. The molecule has 3 nitrogen and oxygen atoms in total. The lowest BCUT2D eigenvalue weighted by atomic mass is 10.1. The van der Waals surface area contributed by atoms with Crippen LogP contribution in [0.5, 0.6) is 0 Å². The Kier molecular flexibility index (Phi) is 2.46. The van der Waals surface area contributed by atoms with Gasteiger partial charge in [-0.15, -0.1) is 0 Å². The van der Waals surface area contributed by atoms with E-state index in [2.05, 4.69) is 0 Å². The van der Waals surface area contributed by atoms with Gasteiger partial charge in [0.25, 0.3) is 0 Å². The summed E-state index contributed by atoms with van der Waals surface area (Å²) in [6, 6.07) is 7.51. The topological polar surface area (TPSA) is 60.2 Å². The van der Waals surface area contributed by atoms with Crippen molar-refractivity contribution in [1.29, 1.82) is 0 Å². The second kappa shape index (κ2) is 3.52. The lowest BCUT2D eigenvalue weighted by Crippen LogP contribution is -2.10. The summed E-state index contributed by atoms with van der Waals surface area (Å²) < 4.78 is 23.2. The van der Waals surface area contributed by atoms with E-state index in [4.69, 9.17) is 5.73 Å². The maximum Gasteiger partial charge on any atom is 0.153 e. The van der Waals surface area contributed by atoms with E-state index in [0.29, 0.717) is 5.69 Å². The van der Waals surface area contributed by atoms with Crippen LogP contribution >= 0.6 is 0 Å². The fourth-order valence-corrected chi connectivity index (χ4v) is 3.51. The zero-order chi connectivity index (χ0) is 11.1. The Bertz CT molecular complexity index is 467. The van der Waals surface area contributed by atoms with Gasteiger partial charge in [-0.2, -0.15) is 0 Å². The van der Waals surface area contributed by atoms with Crippen LogP contribution in [0.1, 0.15) is 24.8 Å². The molecule has 0 bridgehead atoms. The zero-order valence-electron chi connectivity index (χ0n) is 8.68. The van der Waals surface area contributed by atoms with Gasteiger partial charge in [0.15, 0.2) is 9.84 Å². The summed E-state index contributed by atoms with van der Waals surface area (Å²) in [5.74, 6) is 0.398. The first-order valence-electron chi connectivity index (χ1n) is 5.11. The molecule has 0 unspecified atom stereocenters. The summed E-state index contributed by atoms with van der Waals surface area (Å²) in [7, 11) is -2.88. The molecule has 1 fully saturated rings. The van der Waals surface area contributed by atoms with Gasteiger partial charge in [-0.3, -0.25) is 0 Å². The summed E-state index contributed by atoms with van der Waals surface area (Å²) >= 11 is 0. The molecule has 82 valence electrons. The highest BCUT2D eigenvalue weighted by atomic mass is 32.2. The zero-order valence-corrected chi connectivity index (χ0v) is 9.50. The first-order valence-corrected chi connectivity index (χ1v) is 6.83. The minimum atomic E-state index is -2.88. The maximum absolute atomic E-state index is 11.6. The molecule has 4 heteroatoms. The molecule has 1 aliphatic rings. The van der Waals surface area contributed by atoms with Crippen molar-refractivity contribution in [2.75, 3.05) is 11.5 Å². The van der Waals surface area contributed by atoms with Crippen molar-refractivity contribution in [3.8, 4) is 0 Å². The van der Waals surface area contributed by atoms with Crippen molar-refractivity contribution in [3.05, 3.63) is 29.8 Å². The molecule has 2 N–H and O–H groups in total. The number of rotatable bonds is 3. The molecule has 1 aromatic carbocycles. The molecule has 2 atom stereocenters. The highest BCUT2D eigenvalue weighted by Crippen LogP contribution is 2.46. The smallest absolute Gasteiger partial charge is 0.153 e. The monoisotopic (exact) mass is 225 g/mol. The van der Waals surface area contributed by atoms with Crippen LogP contribution in [0.25, 0.3) is 0 Å². The Morgan fingerprint density at radius 3 is 2.80 bits per heavy atom. The van der Waals surface area contributed by atoms with Gasteiger partial charge >= 0.3 is 0 Å². The number of hydrogen-bond acceptors (Lipinski definition) is 3. The van der Waals surface area contributed by atoms with Gasteiger partial charge in [-0.25, -0.2) is 8.42 Å². The summed E-state index contributed by atoms with van der Waals surface area (Å²) in [4.78, 5) is 0. The summed E-state index contributed by atoms with van der Waals surface area (Å²) in [6.45, 7) is 1.70. The van der Waals surface area contributed by atoms with E-state index < -0.39 is 9.84 Å². The largest absolute Gasteiger partial charge is 0.399 e. The molecule has 0 saturated heterocycles. The van der Waals surface area contributed by atoms with Crippen molar-refractivity contribution < 1.29 is 8.42 Å². The van der Waals surface area contributed by atoms with Crippen molar-refractivity contribution in [2.24, 2.45) is 0 Å². The quantitative estimate of drug-likeness (QED) is 0.794. The van der Waals surface area contributed by atoms with Crippen molar-refractivity contribution in [3.63, 3.8) is 0 Å². The molecule has 1 aliphatic carbocycles. The van der Waals surface area contributed by atoms with E-state index in [-0.39, 0.29) is 16.9 Å². The number of benzene rings is 1. The van der Waals surface area contributed by atoms with Crippen molar-refractivity contribution in [2.45, 2.75) is 24.5 Å². The van der Waals surface area contributed by atoms with Gasteiger partial charge in [-0.1, -0.05) is 19.1 Å². The Balaban J connectivity index is 2.18. The van der Waals surface area contributed by atoms with Gasteiger partial charge in [0, 0.05) is 17.4 Å². The summed E-state index contributed by atoms with van der Waals surface area (Å²) in [6.07, 6.45) is 0.750. The molecule has 0 heterocycles. The van der Waals surface area contributed by atoms with Crippen molar-refractivity contribution >= 4 is 15.5 Å². The third-order valence-electron chi connectivity index (χ3n) is 2.93. The molecular weight excluding hydrogens is 210 g/mol. The molecule has 0 spiro atoms. The van der Waals surface area contributed by atoms with Gasteiger partial charge in [0.2, 0.25) is 0 Å². The molecule has 0 amide bonds. The highest BCUT2D eigenvalue weighted by Gasteiger charge is 2.46. The molecule has 2 rings (SSSR count). The maximum atomic E-state index is 11.6. The third-order valence-corrected chi connectivity index (χ3v) is 5.18. The highest BCUT2D eigenvalue weighted by molar-refractivity contribution is 7.92. The fourth-order valence-electron chi connectivity index (χ4n) is 1.92. The normalized spacial score (nSPS) is 25.1. The minimum absolute atomic E-state index is 0.165. The van der Waals surface area contributed by atoms with Gasteiger partial charge < -0.3 is 5.73 Å². The predicted molar refractivity (Wildman–Crippen MR) is 61.5 cm³/mol. The van der Waals surface area contributed by atoms with Crippen LogP contribution in [0.4, 0.5) is 5.69 Å². The van der Waals surface area contributed by atoms with Gasteiger partial charge in [0.1, 0.15) is 0 Å². The van der Waals surface area contributed by atoms with E-state index in [1.807, 2.05) is 24.3 Å². The molecule has 0 radical (unpaired) electrons. The van der Waals surface area contributed by atoms with Crippen molar-refractivity contribution in [1.82, 2.24) is 0 Å². The average Bonchev–Trinajstić information content (AvgIpc) is 2.98. The molecular formula is C11H15NO2S. The number of sulfone groups is 1. The van der Waals surface area contributed by atoms with Crippen LogP contribution in [0, 0.1) is 0 Å². The number of anilines is 1. The lowest BCUT2D eigenvalue weighted by Gasteiger charge is -2.02. The fraction of sp³-hybridized carbons (Fsp3) is 0.455. The first-order chi connectivity index (χ1) is 7.04. The molecule has 1 aromatic rings. The van der Waals surface area contributed by atoms with E-state index in [0.717, 1.165) is 12.0 Å². The Morgan fingerprint density at radius 1 is 1.47 bits per heavy atom. The summed E-state index contributed by atoms with van der Waals surface area (Å²) in [5.41, 5.74) is 7.42. The standard InChI is InChI=1S/C11H15NO2S/c1-2-15(13,14)11-7-10(11)8-4-3-5-9(12)6-8/h3-6,10-11H,2,7,12H2,1H3/t10-,11+/m1/s1. The third kappa shape index (κ3) is 2.00. The molecule has 0 aromatic heterocycles. The second-order valence-corrected chi connectivity index (χ2v) is 6.51. The van der Waals surface area contributed by atoms with E-state index in [9.17, 15) is 8.42 Å².